The minimum atomic E-state index is 0.0635. The highest BCUT2D eigenvalue weighted by atomic mass is 35.5. The van der Waals surface area contributed by atoms with Crippen molar-refractivity contribution in [3.8, 4) is 0 Å². The molecule has 0 radical (unpaired) electrons. The summed E-state index contributed by atoms with van der Waals surface area (Å²) in [6.07, 6.45) is 1.85. The summed E-state index contributed by atoms with van der Waals surface area (Å²) in [6, 6.07) is 7.93. The molecule has 1 aromatic heterocycles. The number of aromatic nitrogens is 1. The molecule has 0 atom stereocenters. The van der Waals surface area contributed by atoms with Gasteiger partial charge in [-0.05, 0) is 6.07 Å². The van der Waals surface area contributed by atoms with Gasteiger partial charge >= 0.3 is 0 Å². The molecule has 0 saturated carbocycles. The Labute approximate surface area is 87.1 Å². The minimum Gasteiger partial charge on any atom is -0.348 e. The van der Waals surface area contributed by atoms with Crippen LogP contribution in [0.4, 0.5) is 5.69 Å². The molecule has 3 nitrogen and oxygen atoms in total. The molecule has 0 saturated heterocycles. The van der Waals surface area contributed by atoms with Crippen LogP contribution in [0.5, 0.6) is 0 Å². The van der Waals surface area contributed by atoms with E-state index in [2.05, 4.69) is 0 Å². The lowest BCUT2D eigenvalue weighted by atomic mass is 10.2. The lowest BCUT2D eigenvalue weighted by Crippen LogP contribution is -2.14. The van der Waals surface area contributed by atoms with Gasteiger partial charge < -0.3 is 4.57 Å². The van der Waals surface area contributed by atoms with Gasteiger partial charge in [0, 0.05) is 24.1 Å². The van der Waals surface area contributed by atoms with Crippen LogP contribution in [0.15, 0.2) is 30.5 Å². The van der Waals surface area contributed by atoms with E-state index in [0.29, 0.717) is 0 Å². The van der Waals surface area contributed by atoms with Crippen molar-refractivity contribution in [2.45, 2.75) is 0 Å². The molecule has 0 aliphatic carbocycles. The van der Waals surface area contributed by atoms with Crippen LogP contribution in [-0.4, -0.2) is 15.8 Å². The van der Waals surface area contributed by atoms with E-state index in [0.717, 1.165) is 21.7 Å². The number of hydroxylamine groups is 1. The number of hydrogen-bond acceptors (Lipinski definition) is 2. The van der Waals surface area contributed by atoms with E-state index in [1.165, 1.54) is 0 Å². The normalized spacial score (nSPS) is 10.8. The van der Waals surface area contributed by atoms with Gasteiger partial charge in [-0.2, -0.15) is 0 Å². The summed E-state index contributed by atoms with van der Waals surface area (Å²) in [5.41, 5.74) is 1.81. The fourth-order valence-corrected chi connectivity index (χ4v) is 1.72. The van der Waals surface area contributed by atoms with Gasteiger partial charge in [0.2, 0.25) is 0 Å². The van der Waals surface area contributed by atoms with Gasteiger partial charge in [0.15, 0.2) is 0 Å². The summed E-state index contributed by atoms with van der Waals surface area (Å²) in [5, 5.41) is 11.6. The molecule has 14 heavy (non-hydrogen) atoms. The number of para-hydroxylation sites is 1. The lowest BCUT2D eigenvalue weighted by molar-refractivity contribution is 0.273. The van der Waals surface area contributed by atoms with E-state index >= 15 is 0 Å². The summed E-state index contributed by atoms with van der Waals surface area (Å²) in [5.74, 6) is 0. The average Bonchev–Trinajstić information content (AvgIpc) is 2.56. The van der Waals surface area contributed by atoms with Gasteiger partial charge in [0.05, 0.1) is 5.69 Å². The first-order valence-electron chi connectivity index (χ1n) is 4.30. The third kappa shape index (κ3) is 1.35. The number of halogens is 1. The summed E-state index contributed by atoms with van der Waals surface area (Å²) in [6.45, 7) is 0. The molecule has 0 amide bonds. The minimum absolute atomic E-state index is 0.0635. The first kappa shape index (κ1) is 9.37. The van der Waals surface area contributed by atoms with Crippen molar-refractivity contribution in [2.24, 2.45) is 7.05 Å². The largest absolute Gasteiger partial charge is 0.348 e. The van der Waals surface area contributed by atoms with Crippen LogP contribution in [-0.2, 0) is 7.05 Å². The Morgan fingerprint density at radius 2 is 2.14 bits per heavy atom. The zero-order valence-electron chi connectivity index (χ0n) is 7.81. The van der Waals surface area contributed by atoms with Crippen molar-refractivity contribution in [1.29, 1.82) is 0 Å². The summed E-state index contributed by atoms with van der Waals surface area (Å²) in [7, 11) is 1.94. The molecule has 74 valence electrons. The zero-order valence-corrected chi connectivity index (χ0v) is 8.57. The van der Waals surface area contributed by atoms with Gasteiger partial charge in [-0.15, -0.1) is 11.6 Å². The van der Waals surface area contributed by atoms with Crippen LogP contribution < -0.4 is 5.06 Å². The summed E-state index contributed by atoms with van der Waals surface area (Å²) < 4.78 is 1.96. The third-order valence-corrected chi connectivity index (χ3v) is 2.49. The number of anilines is 1. The molecule has 0 bridgehead atoms. The quantitative estimate of drug-likeness (QED) is 0.469. The topological polar surface area (TPSA) is 28.4 Å². The van der Waals surface area contributed by atoms with Gasteiger partial charge in [-0.3, -0.25) is 5.21 Å². The van der Waals surface area contributed by atoms with Gasteiger partial charge in [0.25, 0.3) is 0 Å². The highest BCUT2D eigenvalue weighted by Gasteiger charge is 2.09. The average molecular weight is 211 g/mol. The predicted molar refractivity (Wildman–Crippen MR) is 57.9 cm³/mol. The van der Waals surface area contributed by atoms with E-state index in [9.17, 15) is 5.21 Å². The maximum absolute atomic E-state index is 9.53. The molecule has 0 fully saturated rings. The fraction of sp³-hybridized carbons (Fsp3) is 0.200. The number of benzene rings is 1. The Hall–Kier alpha value is -1.19. The molecule has 0 aliphatic heterocycles. The van der Waals surface area contributed by atoms with Crippen LogP contribution in [0.2, 0.25) is 0 Å². The van der Waals surface area contributed by atoms with E-state index in [4.69, 9.17) is 11.6 Å². The first-order valence-corrected chi connectivity index (χ1v) is 4.84. The van der Waals surface area contributed by atoms with Gasteiger partial charge in [0.1, 0.15) is 6.00 Å². The Bertz CT molecular complexity index is 452. The molecular weight excluding hydrogens is 200 g/mol. The van der Waals surface area contributed by atoms with E-state index in [1.54, 1.807) is 0 Å². The van der Waals surface area contributed by atoms with Crippen molar-refractivity contribution in [2.75, 3.05) is 11.1 Å². The zero-order chi connectivity index (χ0) is 10.1. The second-order valence-electron chi connectivity index (χ2n) is 3.16. The third-order valence-electron chi connectivity index (χ3n) is 2.27. The van der Waals surface area contributed by atoms with Crippen LogP contribution in [0.1, 0.15) is 0 Å². The van der Waals surface area contributed by atoms with Crippen LogP contribution in [0.25, 0.3) is 10.9 Å². The smallest absolute Gasteiger partial charge is 0.119 e. The molecule has 1 heterocycles. The fourth-order valence-electron chi connectivity index (χ4n) is 1.59. The predicted octanol–water partition coefficient (Wildman–Crippen LogP) is 2.57. The van der Waals surface area contributed by atoms with Crippen LogP contribution in [0.3, 0.4) is 0 Å². The molecule has 2 aromatic rings. The van der Waals surface area contributed by atoms with E-state index in [-0.39, 0.29) is 6.00 Å². The highest BCUT2D eigenvalue weighted by molar-refractivity contribution is 6.19. The molecule has 0 unspecified atom stereocenters. The second-order valence-corrected chi connectivity index (χ2v) is 3.40. The van der Waals surface area contributed by atoms with Crippen LogP contribution >= 0.6 is 11.6 Å². The molecule has 1 N–H and O–H groups in total. The summed E-state index contributed by atoms with van der Waals surface area (Å²) >= 11 is 5.56. The van der Waals surface area contributed by atoms with Crippen molar-refractivity contribution in [1.82, 2.24) is 4.57 Å². The monoisotopic (exact) mass is 210 g/mol. The number of hydrogen-bond donors (Lipinski definition) is 1. The van der Waals surface area contributed by atoms with Crippen molar-refractivity contribution in [3.05, 3.63) is 30.5 Å². The molecule has 1 aromatic carbocycles. The SMILES string of the molecule is Cn1cc(N(O)CCl)c2ccccc21. The molecular formula is C10H11ClN2O. The first-order chi connectivity index (χ1) is 6.74. The highest BCUT2D eigenvalue weighted by Crippen LogP contribution is 2.27. The Morgan fingerprint density at radius 3 is 2.86 bits per heavy atom. The van der Waals surface area contributed by atoms with Crippen molar-refractivity contribution < 1.29 is 5.21 Å². The van der Waals surface area contributed by atoms with Gasteiger partial charge in [-0.25, -0.2) is 5.06 Å². The maximum atomic E-state index is 9.53. The number of rotatable bonds is 2. The molecule has 4 heteroatoms. The lowest BCUT2D eigenvalue weighted by Gasteiger charge is -2.10. The Morgan fingerprint density at radius 1 is 1.43 bits per heavy atom. The number of fused-ring (bicyclic) bond motifs is 1. The van der Waals surface area contributed by atoms with Crippen molar-refractivity contribution in [3.63, 3.8) is 0 Å². The number of aryl methyl sites for hydroxylation is 1. The molecule has 0 spiro atoms. The van der Waals surface area contributed by atoms with Gasteiger partial charge in [-0.1, -0.05) is 18.2 Å². The van der Waals surface area contributed by atoms with E-state index in [1.807, 2.05) is 42.1 Å². The maximum Gasteiger partial charge on any atom is 0.119 e. The van der Waals surface area contributed by atoms with Crippen molar-refractivity contribution >= 4 is 28.2 Å². The second kappa shape index (κ2) is 3.52. The summed E-state index contributed by atoms with van der Waals surface area (Å²) in [4.78, 5) is 0. The molecule has 0 aliphatic rings. The Kier molecular flexibility index (Phi) is 2.35. The Balaban J connectivity index is 2.66. The standard InChI is InChI=1S/C10H11ClN2O/c1-12-6-10(13(14)7-11)8-4-2-3-5-9(8)12/h2-6,14H,7H2,1H3. The molecule has 2 rings (SSSR count). The van der Waals surface area contributed by atoms with E-state index < -0.39 is 0 Å². The van der Waals surface area contributed by atoms with Crippen LogP contribution in [0, 0.1) is 0 Å². The number of nitrogens with zero attached hydrogens (tertiary/aromatic N) is 2. The number of alkyl halides is 1.